The quantitative estimate of drug-likeness (QED) is 0.679. The fraction of sp³-hybridized carbons (Fsp3) is 0.588. The topological polar surface area (TPSA) is 64.6 Å². The molecule has 0 radical (unpaired) electrons. The largest absolute Gasteiger partial charge is 0.386 e. The number of benzene rings is 1. The first-order chi connectivity index (χ1) is 11.3. The van der Waals surface area contributed by atoms with Crippen LogP contribution in [-0.2, 0) is 0 Å². The van der Waals surface area contributed by atoms with Gasteiger partial charge in [0.15, 0.2) is 11.6 Å². The maximum atomic E-state index is 13.2. The van der Waals surface area contributed by atoms with Crippen molar-refractivity contribution in [2.24, 2.45) is 0 Å². The molecule has 0 bridgehead atoms. The van der Waals surface area contributed by atoms with E-state index in [9.17, 15) is 18.7 Å². The summed E-state index contributed by atoms with van der Waals surface area (Å²) in [5.74, 6) is -2.01. The molecule has 3 N–H and O–H groups in total. The van der Waals surface area contributed by atoms with Gasteiger partial charge in [-0.2, -0.15) is 0 Å². The number of hydrogen-bond donors (Lipinski definition) is 3. The first-order valence-electron chi connectivity index (χ1n) is 8.17. The number of urea groups is 1. The van der Waals surface area contributed by atoms with Gasteiger partial charge in [-0.3, -0.25) is 4.90 Å². The third-order valence-corrected chi connectivity index (χ3v) is 3.94. The molecule has 1 aromatic carbocycles. The number of amides is 2. The molecule has 7 heteroatoms. The molecule has 0 aliphatic heterocycles. The molecule has 2 unspecified atom stereocenters. The van der Waals surface area contributed by atoms with Gasteiger partial charge in [-0.25, -0.2) is 13.6 Å². The molecule has 136 valence electrons. The lowest BCUT2D eigenvalue weighted by molar-refractivity contribution is 0.136. The Balaban J connectivity index is 2.46. The Morgan fingerprint density at radius 3 is 2.46 bits per heavy atom. The van der Waals surface area contributed by atoms with Crippen LogP contribution in [0.15, 0.2) is 18.2 Å². The highest BCUT2D eigenvalue weighted by Gasteiger charge is 2.19. The van der Waals surface area contributed by atoms with E-state index in [4.69, 9.17) is 0 Å². The Bertz CT molecular complexity index is 541. The molecule has 0 saturated heterocycles. The van der Waals surface area contributed by atoms with Crippen molar-refractivity contribution in [2.75, 3.05) is 19.6 Å². The predicted octanol–water partition coefficient (Wildman–Crippen LogP) is 2.42. The number of hydrogen-bond acceptors (Lipinski definition) is 3. The monoisotopic (exact) mass is 343 g/mol. The number of carbonyl (C=O) groups excluding carboxylic acids is 1. The van der Waals surface area contributed by atoms with E-state index in [2.05, 4.69) is 36.3 Å². The summed E-state index contributed by atoms with van der Waals surface area (Å²) in [5, 5.41) is 15.5. The molecule has 0 heterocycles. The fourth-order valence-electron chi connectivity index (χ4n) is 2.42. The normalized spacial score (nSPS) is 13.9. The van der Waals surface area contributed by atoms with Gasteiger partial charge in [0.25, 0.3) is 0 Å². The van der Waals surface area contributed by atoms with E-state index in [1.807, 2.05) is 0 Å². The molecule has 1 rings (SSSR count). The van der Waals surface area contributed by atoms with E-state index in [1.165, 1.54) is 6.07 Å². The highest BCUT2D eigenvalue weighted by molar-refractivity contribution is 5.74. The number of aliphatic hydroxyl groups is 1. The van der Waals surface area contributed by atoms with Crippen LogP contribution in [-0.4, -0.2) is 47.8 Å². The van der Waals surface area contributed by atoms with Crippen molar-refractivity contribution in [1.29, 1.82) is 0 Å². The van der Waals surface area contributed by atoms with E-state index in [-0.39, 0.29) is 5.56 Å². The van der Waals surface area contributed by atoms with Crippen LogP contribution in [0.4, 0.5) is 13.6 Å². The van der Waals surface area contributed by atoms with Crippen LogP contribution in [0, 0.1) is 11.6 Å². The molecular weight excluding hydrogens is 316 g/mol. The van der Waals surface area contributed by atoms with Crippen LogP contribution in [0.3, 0.4) is 0 Å². The van der Waals surface area contributed by atoms with Gasteiger partial charge in [0.2, 0.25) is 0 Å². The number of carbonyl (C=O) groups is 1. The highest BCUT2D eigenvalue weighted by Crippen LogP contribution is 2.19. The summed E-state index contributed by atoms with van der Waals surface area (Å²) in [6.45, 7) is 9.92. The number of halogens is 2. The molecule has 2 atom stereocenters. The second-order valence-electron chi connectivity index (χ2n) is 6.03. The molecule has 0 spiro atoms. The number of aliphatic hydroxyl groups excluding tert-OH is 1. The van der Waals surface area contributed by atoms with Gasteiger partial charge in [-0.05, 0) is 45.0 Å². The average molecular weight is 343 g/mol. The smallest absolute Gasteiger partial charge is 0.315 e. The molecule has 1 aromatic rings. The summed E-state index contributed by atoms with van der Waals surface area (Å²) in [4.78, 5) is 14.1. The van der Waals surface area contributed by atoms with Crippen LogP contribution >= 0.6 is 0 Å². The second kappa shape index (κ2) is 9.54. The van der Waals surface area contributed by atoms with Gasteiger partial charge in [-0.1, -0.05) is 13.0 Å². The van der Waals surface area contributed by atoms with Gasteiger partial charge >= 0.3 is 6.03 Å². The number of likely N-dealkylation sites (N-methyl/N-ethyl adjacent to an activating group) is 1. The van der Waals surface area contributed by atoms with Crippen molar-refractivity contribution >= 4 is 6.03 Å². The Morgan fingerprint density at radius 1 is 1.25 bits per heavy atom. The van der Waals surface area contributed by atoms with Crippen molar-refractivity contribution in [3.63, 3.8) is 0 Å². The minimum atomic E-state index is -1.13. The Labute approximate surface area is 142 Å². The van der Waals surface area contributed by atoms with Crippen LogP contribution in [0.2, 0.25) is 0 Å². The zero-order valence-electron chi connectivity index (χ0n) is 14.6. The maximum Gasteiger partial charge on any atom is 0.315 e. The number of nitrogens with one attached hydrogen (secondary N) is 2. The molecule has 24 heavy (non-hydrogen) atoms. The van der Waals surface area contributed by atoms with Crippen molar-refractivity contribution in [1.82, 2.24) is 15.5 Å². The molecule has 0 aliphatic rings. The van der Waals surface area contributed by atoms with E-state index < -0.39 is 29.8 Å². The summed E-state index contributed by atoms with van der Waals surface area (Å²) in [7, 11) is 0. The Kier molecular flexibility index (Phi) is 8.07. The third-order valence-electron chi connectivity index (χ3n) is 3.94. The van der Waals surface area contributed by atoms with Crippen LogP contribution in [0.5, 0.6) is 0 Å². The SMILES string of the molecule is CCN(CCNC(=O)NC(C)C(O)c1ccc(F)c(F)c1)C(C)C. The highest BCUT2D eigenvalue weighted by atomic mass is 19.2. The van der Waals surface area contributed by atoms with Gasteiger partial charge in [-0.15, -0.1) is 0 Å². The third kappa shape index (κ3) is 6.05. The molecule has 0 saturated carbocycles. The molecule has 5 nitrogen and oxygen atoms in total. The molecule has 0 fully saturated rings. The lowest BCUT2D eigenvalue weighted by Gasteiger charge is -2.25. The summed E-state index contributed by atoms with van der Waals surface area (Å²) in [6.07, 6.45) is -1.13. The fourth-order valence-corrected chi connectivity index (χ4v) is 2.42. The van der Waals surface area contributed by atoms with Crippen molar-refractivity contribution < 1.29 is 18.7 Å². The number of rotatable bonds is 8. The molecular formula is C17H27F2N3O2. The van der Waals surface area contributed by atoms with E-state index >= 15 is 0 Å². The first-order valence-corrected chi connectivity index (χ1v) is 8.17. The zero-order chi connectivity index (χ0) is 18.3. The van der Waals surface area contributed by atoms with E-state index in [0.717, 1.165) is 25.2 Å². The van der Waals surface area contributed by atoms with Crippen LogP contribution < -0.4 is 10.6 Å². The minimum Gasteiger partial charge on any atom is -0.386 e. The molecule has 0 aliphatic carbocycles. The van der Waals surface area contributed by atoms with Crippen LogP contribution in [0.1, 0.15) is 39.4 Å². The van der Waals surface area contributed by atoms with Crippen molar-refractivity contribution in [3.8, 4) is 0 Å². The van der Waals surface area contributed by atoms with E-state index in [1.54, 1.807) is 6.92 Å². The Morgan fingerprint density at radius 2 is 1.92 bits per heavy atom. The summed E-state index contributed by atoms with van der Waals surface area (Å²) in [6, 6.07) is 2.50. The molecule has 2 amide bonds. The maximum absolute atomic E-state index is 13.2. The van der Waals surface area contributed by atoms with Gasteiger partial charge in [0.1, 0.15) is 0 Å². The second-order valence-corrected chi connectivity index (χ2v) is 6.03. The average Bonchev–Trinajstić information content (AvgIpc) is 2.53. The Hall–Kier alpha value is -1.73. The summed E-state index contributed by atoms with van der Waals surface area (Å²) >= 11 is 0. The molecule has 0 aromatic heterocycles. The summed E-state index contributed by atoms with van der Waals surface area (Å²) in [5.41, 5.74) is 0.207. The lowest BCUT2D eigenvalue weighted by atomic mass is 10.0. The minimum absolute atomic E-state index is 0.207. The van der Waals surface area contributed by atoms with Crippen molar-refractivity contribution in [3.05, 3.63) is 35.4 Å². The summed E-state index contributed by atoms with van der Waals surface area (Å²) < 4.78 is 26.1. The van der Waals surface area contributed by atoms with Gasteiger partial charge in [0, 0.05) is 19.1 Å². The van der Waals surface area contributed by atoms with E-state index in [0.29, 0.717) is 12.6 Å². The van der Waals surface area contributed by atoms with Crippen LogP contribution in [0.25, 0.3) is 0 Å². The lowest BCUT2D eigenvalue weighted by Crippen LogP contribution is -2.46. The van der Waals surface area contributed by atoms with Gasteiger partial charge < -0.3 is 15.7 Å². The van der Waals surface area contributed by atoms with Crippen molar-refractivity contribution in [2.45, 2.75) is 45.9 Å². The van der Waals surface area contributed by atoms with Gasteiger partial charge in [0.05, 0.1) is 12.1 Å². The predicted molar refractivity (Wildman–Crippen MR) is 89.7 cm³/mol. The zero-order valence-corrected chi connectivity index (χ0v) is 14.6. The standard InChI is InChI=1S/C17H27F2N3O2/c1-5-22(11(2)3)9-8-20-17(24)21-12(4)16(23)13-6-7-14(18)15(19)10-13/h6-7,10-12,16,23H,5,8-9H2,1-4H3,(H2,20,21,24). The first kappa shape index (κ1) is 20.3. The number of nitrogens with zero attached hydrogens (tertiary/aromatic N) is 1.